The molecule has 0 aliphatic carbocycles. The minimum atomic E-state index is -0.0454. The Morgan fingerprint density at radius 2 is 2.12 bits per heavy atom. The highest BCUT2D eigenvalue weighted by molar-refractivity contribution is 8.00. The van der Waals surface area contributed by atoms with Crippen molar-refractivity contribution in [3.05, 3.63) is 76.6 Å². The van der Waals surface area contributed by atoms with E-state index in [1.54, 1.807) is 24.2 Å². The molecule has 2 atom stereocenters. The number of benzene rings is 1. The van der Waals surface area contributed by atoms with Crippen LogP contribution in [0, 0.1) is 0 Å². The Balaban J connectivity index is 1.57. The molecule has 4 rings (SSSR count). The Hall–Kier alpha value is -1.53. The second-order valence-corrected chi connectivity index (χ2v) is 7.86. The van der Waals surface area contributed by atoms with Crippen molar-refractivity contribution < 1.29 is 4.74 Å². The average molecular weight is 392 g/mol. The summed E-state index contributed by atoms with van der Waals surface area (Å²) in [4.78, 5) is 9.40. The number of hydrogen-bond donors (Lipinski definition) is 0. The van der Waals surface area contributed by atoms with Crippen molar-refractivity contribution in [1.29, 1.82) is 0 Å². The molecule has 0 spiro atoms. The van der Waals surface area contributed by atoms with Gasteiger partial charge in [0.15, 0.2) is 0 Å². The molecule has 0 saturated carbocycles. The van der Waals surface area contributed by atoms with Gasteiger partial charge in [-0.25, -0.2) is 9.97 Å². The van der Waals surface area contributed by atoms with Crippen LogP contribution in [-0.2, 0) is 17.9 Å². The van der Waals surface area contributed by atoms with Gasteiger partial charge in [-0.3, -0.25) is 0 Å². The number of aromatic nitrogens is 3. The Morgan fingerprint density at radius 1 is 1.20 bits per heavy atom. The summed E-state index contributed by atoms with van der Waals surface area (Å²) >= 11 is 14.1. The van der Waals surface area contributed by atoms with Crippen LogP contribution in [0.15, 0.2) is 60.1 Å². The van der Waals surface area contributed by atoms with Crippen molar-refractivity contribution in [3.8, 4) is 0 Å². The maximum Gasteiger partial charge on any atom is 0.134 e. The van der Waals surface area contributed by atoms with Gasteiger partial charge >= 0.3 is 0 Å². The van der Waals surface area contributed by atoms with Crippen LogP contribution in [0.25, 0.3) is 0 Å². The topological polar surface area (TPSA) is 39.9 Å². The van der Waals surface area contributed by atoms with Gasteiger partial charge in [-0.05, 0) is 23.8 Å². The number of thioether (sulfide) groups is 1. The third-order valence-corrected chi connectivity index (χ3v) is 5.98. The third kappa shape index (κ3) is 3.70. The van der Waals surface area contributed by atoms with E-state index in [0.717, 1.165) is 17.1 Å². The van der Waals surface area contributed by atoms with E-state index in [1.165, 1.54) is 10.5 Å². The molecule has 25 heavy (non-hydrogen) atoms. The Morgan fingerprint density at radius 3 is 2.92 bits per heavy atom. The second-order valence-electron chi connectivity index (χ2n) is 5.78. The van der Waals surface area contributed by atoms with Gasteiger partial charge in [0.25, 0.3) is 0 Å². The summed E-state index contributed by atoms with van der Waals surface area (Å²) in [6.45, 7) is 1.22. The minimum Gasteiger partial charge on any atom is -0.367 e. The quantitative estimate of drug-likeness (QED) is 0.572. The van der Waals surface area contributed by atoms with E-state index >= 15 is 0 Å². The number of hydrogen-bond acceptors (Lipinski definition) is 4. The van der Waals surface area contributed by atoms with E-state index in [4.69, 9.17) is 27.9 Å². The van der Waals surface area contributed by atoms with Crippen LogP contribution in [-0.4, -0.2) is 19.8 Å². The largest absolute Gasteiger partial charge is 0.367 e. The molecular formula is C18H15Cl2N3OS. The zero-order chi connectivity index (χ0) is 17.2. The lowest BCUT2D eigenvalue weighted by Gasteiger charge is -2.21. The molecule has 0 unspecified atom stereocenters. The first-order valence-corrected chi connectivity index (χ1v) is 9.47. The number of fused-ring (bicyclic) bond motifs is 1. The second kappa shape index (κ2) is 7.38. The maximum absolute atomic E-state index is 6.28. The van der Waals surface area contributed by atoms with Gasteiger partial charge in [-0.2, -0.15) is 0 Å². The van der Waals surface area contributed by atoms with Crippen molar-refractivity contribution >= 4 is 35.0 Å². The van der Waals surface area contributed by atoms with E-state index < -0.39 is 0 Å². The van der Waals surface area contributed by atoms with E-state index in [0.29, 0.717) is 11.8 Å². The smallest absolute Gasteiger partial charge is 0.134 e. The zero-order valence-corrected chi connectivity index (χ0v) is 15.5. The van der Waals surface area contributed by atoms with Crippen molar-refractivity contribution in [2.24, 2.45) is 0 Å². The van der Waals surface area contributed by atoms with Crippen LogP contribution >= 0.6 is 35.0 Å². The molecule has 128 valence electrons. The van der Waals surface area contributed by atoms with Gasteiger partial charge in [0, 0.05) is 40.6 Å². The molecule has 0 amide bonds. The fourth-order valence-electron chi connectivity index (χ4n) is 2.91. The normalized spacial score (nSPS) is 19.1. The number of halogens is 2. The minimum absolute atomic E-state index is 0.0454. The molecular weight excluding hydrogens is 377 g/mol. The number of nitrogens with zero attached hydrogens (tertiary/aromatic N) is 3. The van der Waals surface area contributed by atoms with Crippen LogP contribution in [0.1, 0.15) is 17.2 Å². The van der Waals surface area contributed by atoms with Crippen molar-refractivity contribution in [3.63, 3.8) is 0 Å². The van der Waals surface area contributed by atoms with Gasteiger partial charge in [0.05, 0.1) is 24.3 Å². The SMILES string of the molecule is Clc1ccc2c(c1)S[C@H](Cn1ccnc1)[C@@H]2OCc1cccnc1Cl. The molecule has 3 aromatic rings. The average Bonchev–Trinajstić information content (AvgIpc) is 3.22. The van der Waals surface area contributed by atoms with Gasteiger partial charge in [-0.1, -0.05) is 35.3 Å². The van der Waals surface area contributed by atoms with Crippen LogP contribution in [0.2, 0.25) is 10.2 Å². The number of ether oxygens (including phenoxy) is 1. The fraction of sp³-hybridized carbons (Fsp3) is 0.222. The van der Waals surface area contributed by atoms with Crippen LogP contribution in [0.4, 0.5) is 0 Å². The van der Waals surface area contributed by atoms with Gasteiger partial charge in [0.2, 0.25) is 0 Å². The predicted molar refractivity (Wildman–Crippen MR) is 100 cm³/mol. The predicted octanol–water partition coefficient (Wildman–Crippen LogP) is 5.02. The van der Waals surface area contributed by atoms with Gasteiger partial charge in [0.1, 0.15) is 5.15 Å². The summed E-state index contributed by atoms with van der Waals surface area (Å²) in [6.07, 6.45) is 7.21. The summed E-state index contributed by atoms with van der Waals surface area (Å²) in [6, 6.07) is 9.76. The molecule has 0 bridgehead atoms. The van der Waals surface area contributed by atoms with Gasteiger partial charge in [-0.15, -0.1) is 11.8 Å². The number of pyridine rings is 1. The summed E-state index contributed by atoms with van der Waals surface area (Å²) in [5.41, 5.74) is 2.05. The van der Waals surface area contributed by atoms with Crippen molar-refractivity contribution in [2.45, 2.75) is 29.4 Å². The first-order valence-electron chi connectivity index (χ1n) is 7.83. The number of rotatable bonds is 5. The van der Waals surface area contributed by atoms with E-state index in [1.807, 2.05) is 42.9 Å². The van der Waals surface area contributed by atoms with Crippen LogP contribution < -0.4 is 0 Å². The standard InChI is InChI=1S/C18H15Cl2N3OS/c19-13-3-4-14-15(8-13)25-16(9-23-7-6-21-11-23)17(14)24-10-12-2-1-5-22-18(12)20/h1-8,11,16-17H,9-10H2/t16-,17-/m1/s1. The van der Waals surface area contributed by atoms with Crippen LogP contribution in [0.3, 0.4) is 0 Å². The molecule has 3 heterocycles. The molecule has 1 aliphatic heterocycles. The van der Waals surface area contributed by atoms with Crippen molar-refractivity contribution in [1.82, 2.24) is 14.5 Å². The first-order chi connectivity index (χ1) is 12.2. The lowest BCUT2D eigenvalue weighted by molar-refractivity contribution is 0.0366. The number of imidazole rings is 1. The molecule has 1 aliphatic rings. The highest BCUT2D eigenvalue weighted by Gasteiger charge is 2.34. The molecule has 4 nitrogen and oxygen atoms in total. The highest BCUT2D eigenvalue weighted by atomic mass is 35.5. The molecule has 0 fully saturated rings. The summed E-state index contributed by atoms with van der Waals surface area (Å²) in [5.74, 6) is 0. The van der Waals surface area contributed by atoms with E-state index in [2.05, 4.69) is 14.5 Å². The third-order valence-electron chi connectivity index (χ3n) is 4.10. The molecule has 1 aromatic carbocycles. The monoisotopic (exact) mass is 391 g/mol. The summed E-state index contributed by atoms with van der Waals surface area (Å²) in [7, 11) is 0. The Kier molecular flexibility index (Phi) is 4.99. The fourth-order valence-corrected chi connectivity index (χ4v) is 4.76. The highest BCUT2D eigenvalue weighted by Crippen LogP contribution is 2.47. The molecule has 7 heteroatoms. The Labute approximate surface area is 160 Å². The molecule has 0 saturated heterocycles. The molecule has 2 aromatic heterocycles. The maximum atomic E-state index is 6.28. The van der Waals surface area contributed by atoms with Gasteiger partial charge < -0.3 is 9.30 Å². The zero-order valence-electron chi connectivity index (χ0n) is 13.2. The lowest BCUT2D eigenvalue weighted by Crippen LogP contribution is -2.19. The first kappa shape index (κ1) is 16.9. The van der Waals surface area contributed by atoms with E-state index in [-0.39, 0.29) is 11.4 Å². The summed E-state index contributed by atoms with van der Waals surface area (Å²) < 4.78 is 8.34. The molecule has 0 radical (unpaired) electrons. The van der Waals surface area contributed by atoms with Crippen LogP contribution in [0.5, 0.6) is 0 Å². The lowest BCUT2D eigenvalue weighted by atomic mass is 10.1. The van der Waals surface area contributed by atoms with Crippen molar-refractivity contribution in [2.75, 3.05) is 0 Å². The Bertz CT molecular complexity index is 873. The summed E-state index contributed by atoms with van der Waals surface area (Å²) in [5, 5.41) is 1.46. The molecule has 0 N–H and O–H groups in total. The van der Waals surface area contributed by atoms with E-state index in [9.17, 15) is 0 Å².